The zero-order valence-electron chi connectivity index (χ0n) is 12.3. The van der Waals surface area contributed by atoms with Crippen LogP contribution in [0, 0.1) is 0 Å². The van der Waals surface area contributed by atoms with Crippen molar-refractivity contribution in [3.05, 3.63) is 18.2 Å². The highest BCUT2D eigenvalue weighted by Gasteiger charge is 2.17. The first-order valence-electron chi connectivity index (χ1n) is 7.20. The fraction of sp³-hybridized carbons (Fsp3) is 0.600. The van der Waals surface area contributed by atoms with Gasteiger partial charge in [-0.1, -0.05) is 0 Å². The SMILES string of the molecule is CC(C)Oc1cc(N2CCN(CCO)CC2)ccc1[NH]. The van der Waals surface area contributed by atoms with Crippen LogP contribution in [-0.2, 0) is 0 Å². The summed E-state index contributed by atoms with van der Waals surface area (Å²) in [4.78, 5) is 4.57. The number of rotatable bonds is 5. The molecule has 0 amide bonds. The van der Waals surface area contributed by atoms with Crippen molar-refractivity contribution in [2.45, 2.75) is 20.0 Å². The number of aliphatic hydroxyl groups excluding tert-OH is 1. The zero-order valence-corrected chi connectivity index (χ0v) is 12.3. The third-order valence-corrected chi connectivity index (χ3v) is 3.48. The molecule has 5 heteroatoms. The smallest absolute Gasteiger partial charge is 0.146 e. The van der Waals surface area contributed by atoms with Gasteiger partial charge < -0.3 is 14.7 Å². The maximum Gasteiger partial charge on any atom is 0.146 e. The number of nitrogens with zero attached hydrogens (tertiary/aromatic N) is 2. The molecule has 0 unspecified atom stereocenters. The molecule has 20 heavy (non-hydrogen) atoms. The minimum absolute atomic E-state index is 0.0794. The van der Waals surface area contributed by atoms with Crippen LogP contribution in [0.5, 0.6) is 5.75 Å². The summed E-state index contributed by atoms with van der Waals surface area (Å²) < 4.78 is 5.68. The van der Waals surface area contributed by atoms with Crippen LogP contribution in [0.15, 0.2) is 18.2 Å². The number of anilines is 1. The quantitative estimate of drug-likeness (QED) is 0.887. The van der Waals surface area contributed by atoms with E-state index >= 15 is 0 Å². The molecule has 1 aliphatic rings. The van der Waals surface area contributed by atoms with Gasteiger partial charge in [0, 0.05) is 44.5 Å². The van der Waals surface area contributed by atoms with E-state index in [2.05, 4.69) is 9.80 Å². The van der Waals surface area contributed by atoms with Crippen molar-refractivity contribution in [3.63, 3.8) is 0 Å². The number of benzene rings is 1. The monoisotopic (exact) mass is 278 g/mol. The zero-order chi connectivity index (χ0) is 14.5. The van der Waals surface area contributed by atoms with Gasteiger partial charge in [-0.15, -0.1) is 0 Å². The van der Waals surface area contributed by atoms with Gasteiger partial charge in [-0.05, 0) is 26.0 Å². The summed E-state index contributed by atoms with van der Waals surface area (Å²) in [5.41, 5.74) is 9.43. The van der Waals surface area contributed by atoms with Crippen LogP contribution in [0.4, 0.5) is 11.4 Å². The van der Waals surface area contributed by atoms with Crippen molar-refractivity contribution in [2.24, 2.45) is 0 Å². The van der Waals surface area contributed by atoms with Gasteiger partial charge in [0.1, 0.15) is 5.75 Å². The van der Waals surface area contributed by atoms with Crippen LogP contribution >= 0.6 is 0 Å². The third-order valence-electron chi connectivity index (χ3n) is 3.48. The van der Waals surface area contributed by atoms with Crippen molar-refractivity contribution in [1.29, 1.82) is 0 Å². The van der Waals surface area contributed by atoms with Gasteiger partial charge in [-0.25, -0.2) is 0 Å². The lowest BCUT2D eigenvalue weighted by atomic mass is 10.2. The first kappa shape index (κ1) is 14.9. The highest BCUT2D eigenvalue weighted by molar-refractivity contribution is 5.61. The molecule has 1 aliphatic heterocycles. The summed E-state index contributed by atoms with van der Waals surface area (Å²) in [6.45, 7) is 8.73. The van der Waals surface area contributed by atoms with E-state index in [4.69, 9.17) is 15.6 Å². The Balaban J connectivity index is 2.02. The van der Waals surface area contributed by atoms with Crippen LogP contribution in [0.25, 0.3) is 0 Å². The summed E-state index contributed by atoms with van der Waals surface area (Å²) in [5, 5.41) is 8.96. The molecule has 1 aromatic rings. The molecule has 0 atom stereocenters. The number of hydrogen-bond acceptors (Lipinski definition) is 4. The summed E-state index contributed by atoms with van der Waals surface area (Å²) >= 11 is 0. The van der Waals surface area contributed by atoms with Crippen molar-refractivity contribution in [1.82, 2.24) is 10.6 Å². The van der Waals surface area contributed by atoms with E-state index in [-0.39, 0.29) is 12.7 Å². The lowest BCUT2D eigenvalue weighted by Gasteiger charge is -2.36. The van der Waals surface area contributed by atoms with Gasteiger partial charge in [-0.2, -0.15) is 0 Å². The summed E-state index contributed by atoms with van der Waals surface area (Å²) in [5.74, 6) is 0.648. The molecule has 2 rings (SSSR count). The Kier molecular flexibility index (Phi) is 5.09. The van der Waals surface area contributed by atoms with E-state index in [1.165, 1.54) is 0 Å². The lowest BCUT2D eigenvalue weighted by molar-refractivity contribution is 0.188. The first-order valence-corrected chi connectivity index (χ1v) is 7.20. The second kappa shape index (κ2) is 6.81. The second-order valence-corrected chi connectivity index (χ2v) is 5.40. The van der Waals surface area contributed by atoms with Gasteiger partial charge in [0.05, 0.1) is 18.4 Å². The molecular formula is C15H24N3O2. The number of β-amino-alcohol motifs (C(OH)–C–C–N with tert-alkyl or cyclic N) is 1. The highest BCUT2D eigenvalue weighted by Crippen LogP contribution is 2.30. The Morgan fingerprint density at radius 2 is 1.95 bits per heavy atom. The Bertz CT molecular complexity index is 429. The molecule has 0 aromatic heterocycles. The van der Waals surface area contributed by atoms with E-state index in [0.717, 1.165) is 38.4 Å². The molecule has 1 radical (unpaired) electrons. The summed E-state index contributed by atoms with van der Waals surface area (Å²) in [6, 6.07) is 5.74. The van der Waals surface area contributed by atoms with E-state index in [9.17, 15) is 0 Å². The Hall–Kier alpha value is -1.46. The third kappa shape index (κ3) is 3.77. The van der Waals surface area contributed by atoms with E-state index in [1.54, 1.807) is 6.07 Å². The Morgan fingerprint density at radius 1 is 1.25 bits per heavy atom. The largest absolute Gasteiger partial charge is 0.489 e. The van der Waals surface area contributed by atoms with Crippen molar-refractivity contribution < 1.29 is 9.84 Å². The number of nitrogens with one attached hydrogen (secondary N) is 1. The van der Waals surface area contributed by atoms with Gasteiger partial charge in [0.2, 0.25) is 0 Å². The Labute approximate surface area is 120 Å². The van der Waals surface area contributed by atoms with Gasteiger partial charge in [-0.3, -0.25) is 10.6 Å². The van der Waals surface area contributed by atoms with Gasteiger partial charge in [0.15, 0.2) is 0 Å². The maximum absolute atomic E-state index is 8.96. The topological polar surface area (TPSA) is 59.7 Å². The van der Waals surface area contributed by atoms with Crippen LogP contribution in [-0.4, -0.2) is 55.4 Å². The number of ether oxygens (including phenoxy) is 1. The van der Waals surface area contributed by atoms with Crippen LogP contribution in [0.2, 0.25) is 0 Å². The van der Waals surface area contributed by atoms with Gasteiger partial charge >= 0.3 is 0 Å². The normalized spacial score (nSPS) is 16.7. The summed E-state index contributed by atoms with van der Waals surface area (Å²) in [6.07, 6.45) is 0.0794. The predicted octanol–water partition coefficient (Wildman–Crippen LogP) is 1.50. The molecule has 5 nitrogen and oxygen atoms in total. The van der Waals surface area contributed by atoms with Crippen LogP contribution in [0.1, 0.15) is 13.8 Å². The molecular weight excluding hydrogens is 254 g/mol. The highest BCUT2D eigenvalue weighted by atomic mass is 16.5. The average molecular weight is 278 g/mol. The van der Waals surface area contributed by atoms with E-state index < -0.39 is 0 Å². The fourth-order valence-electron chi connectivity index (χ4n) is 2.43. The molecule has 1 heterocycles. The Morgan fingerprint density at radius 3 is 2.55 bits per heavy atom. The molecule has 1 aromatic carbocycles. The van der Waals surface area contributed by atoms with Crippen LogP contribution in [0.3, 0.4) is 0 Å². The fourth-order valence-corrected chi connectivity index (χ4v) is 2.43. The second-order valence-electron chi connectivity index (χ2n) is 5.40. The minimum Gasteiger partial charge on any atom is -0.489 e. The first-order chi connectivity index (χ1) is 9.60. The summed E-state index contributed by atoms with van der Waals surface area (Å²) in [7, 11) is 0. The maximum atomic E-state index is 8.96. The van der Waals surface area contributed by atoms with E-state index in [1.807, 2.05) is 26.0 Å². The standard InChI is InChI=1S/C15H24N3O2/c1-12(2)20-15-11-13(3-4-14(15)16)18-7-5-17(6-8-18)9-10-19/h3-4,11-12,16,19H,5-10H2,1-2H3. The number of hydrogen-bond donors (Lipinski definition) is 1. The van der Waals surface area contributed by atoms with Crippen molar-refractivity contribution in [2.75, 3.05) is 44.2 Å². The number of piperazine rings is 1. The molecule has 1 fully saturated rings. The van der Waals surface area contributed by atoms with Crippen molar-refractivity contribution >= 4 is 11.4 Å². The van der Waals surface area contributed by atoms with Crippen LogP contribution < -0.4 is 15.4 Å². The minimum atomic E-state index is 0.0794. The van der Waals surface area contributed by atoms with E-state index in [0.29, 0.717) is 11.4 Å². The molecule has 0 saturated carbocycles. The molecule has 0 bridgehead atoms. The lowest BCUT2D eigenvalue weighted by Crippen LogP contribution is -2.47. The predicted molar refractivity (Wildman–Crippen MR) is 80.7 cm³/mol. The molecule has 2 N–H and O–H groups in total. The molecule has 0 spiro atoms. The number of aliphatic hydroxyl groups is 1. The molecule has 111 valence electrons. The molecule has 1 saturated heterocycles. The van der Waals surface area contributed by atoms with Gasteiger partial charge in [0.25, 0.3) is 0 Å². The molecule has 0 aliphatic carbocycles. The average Bonchev–Trinajstić information content (AvgIpc) is 2.42. The van der Waals surface area contributed by atoms with Crippen molar-refractivity contribution in [3.8, 4) is 5.75 Å².